The van der Waals surface area contributed by atoms with Crippen LogP contribution in [-0.2, 0) is 9.47 Å². The van der Waals surface area contributed by atoms with Crippen LogP contribution in [-0.4, -0.2) is 29.7 Å². The van der Waals surface area contributed by atoms with E-state index in [9.17, 15) is 9.59 Å². The summed E-state index contributed by atoms with van der Waals surface area (Å²) in [5.74, 6) is -1.01. The summed E-state index contributed by atoms with van der Waals surface area (Å²) in [5, 5.41) is 0. The first kappa shape index (κ1) is 18.8. The summed E-state index contributed by atoms with van der Waals surface area (Å²) in [5.41, 5.74) is 5.11. The maximum absolute atomic E-state index is 12.5. The number of benzene rings is 1. The van der Waals surface area contributed by atoms with Gasteiger partial charge in [0.25, 0.3) is 0 Å². The fourth-order valence-electron chi connectivity index (χ4n) is 3.00. The smallest absolute Gasteiger partial charge is 0.340 e. The summed E-state index contributed by atoms with van der Waals surface area (Å²) in [6.45, 7) is 11.7. The number of carbonyl (C=O) groups excluding carboxylic acids is 2. The average molecular weight is 343 g/mol. The minimum atomic E-state index is -0.506. The highest BCUT2D eigenvalue weighted by Gasteiger charge is 2.29. The zero-order valence-corrected chi connectivity index (χ0v) is 15.7. The van der Waals surface area contributed by atoms with Gasteiger partial charge in [0.2, 0.25) is 0 Å². The number of esters is 2. The number of hydrogen-bond donors (Lipinski definition) is 0. The summed E-state index contributed by atoms with van der Waals surface area (Å²) in [4.78, 5) is 24.9. The number of hydrogen-bond acceptors (Lipinski definition) is 4. The molecule has 0 saturated heterocycles. The zero-order chi connectivity index (χ0) is 18.7. The van der Waals surface area contributed by atoms with E-state index in [1.54, 1.807) is 13.8 Å². The third kappa shape index (κ3) is 3.45. The molecule has 0 amide bonds. The molecule has 2 aromatic rings. The molecule has 0 bridgehead atoms. The van der Waals surface area contributed by atoms with Crippen molar-refractivity contribution in [1.82, 2.24) is 4.57 Å². The molecule has 0 aliphatic rings. The van der Waals surface area contributed by atoms with E-state index in [1.165, 1.54) is 5.56 Å². The van der Waals surface area contributed by atoms with Gasteiger partial charge in [-0.2, -0.15) is 0 Å². The van der Waals surface area contributed by atoms with Crippen LogP contribution < -0.4 is 0 Å². The summed E-state index contributed by atoms with van der Waals surface area (Å²) in [6.07, 6.45) is 0. The maximum Gasteiger partial charge on any atom is 0.340 e. The van der Waals surface area contributed by atoms with Crippen LogP contribution in [0.25, 0.3) is 5.69 Å². The molecule has 0 fully saturated rings. The Morgan fingerprint density at radius 2 is 1.32 bits per heavy atom. The maximum atomic E-state index is 12.5. The molecule has 1 heterocycles. The lowest BCUT2D eigenvalue weighted by atomic mass is 10.1. The summed E-state index contributed by atoms with van der Waals surface area (Å²) >= 11 is 0. The van der Waals surface area contributed by atoms with E-state index in [0.29, 0.717) is 11.4 Å². The van der Waals surface area contributed by atoms with Gasteiger partial charge in [-0.1, -0.05) is 6.07 Å². The Bertz CT molecular complexity index is 776. The van der Waals surface area contributed by atoms with Gasteiger partial charge in [0.15, 0.2) is 0 Å². The second-order valence-corrected chi connectivity index (χ2v) is 5.97. The summed E-state index contributed by atoms with van der Waals surface area (Å²) < 4.78 is 12.2. The Morgan fingerprint density at radius 1 is 0.840 bits per heavy atom. The van der Waals surface area contributed by atoms with E-state index in [-0.39, 0.29) is 24.3 Å². The molecule has 0 radical (unpaired) electrons. The largest absolute Gasteiger partial charge is 0.462 e. The molecular weight excluding hydrogens is 318 g/mol. The van der Waals surface area contributed by atoms with E-state index in [0.717, 1.165) is 11.3 Å². The minimum Gasteiger partial charge on any atom is -0.462 e. The van der Waals surface area contributed by atoms with Crippen LogP contribution >= 0.6 is 0 Å². The number of ether oxygens (including phenoxy) is 2. The first-order valence-electron chi connectivity index (χ1n) is 8.47. The van der Waals surface area contributed by atoms with Gasteiger partial charge < -0.3 is 14.0 Å². The number of aromatic nitrogens is 1. The first-order chi connectivity index (χ1) is 11.8. The van der Waals surface area contributed by atoms with Gasteiger partial charge in [0.1, 0.15) is 0 Å². The number of carbonyl (C=O) groups is 2. The van der Waals surface area contributed by atoms with Crippen molar-refractivity contribution >= 4 is 11.9 Å². The lowest BCUT2D eigenvalue weighted by molar-refractivity contribution is 0.0479. The lowest BCUT2D eigenvalue weighted by Gasteiger charge is -2.12. The third-order valence-electron chi connectivity index (χ3n) is 4.35. The topological polar surface area (TPSA) is 57.5 Å². The second kappa shape index (κ2) is 7.55. The normalized spacial score (nSPS) is 10.6. The molecule has 134 valence electrons. The lowest BCUT2D eigenvalue weighted by Crippen LogP contribution is -2.13. The molecule has 0 spiro atoms. The monoisotopic (exact) mass is 343 g/mol. The number of nitrogens with zero attached hydrogens (tertiary/aromatic N) is 1. The van der Waals surface area contributed by atoms with E-state index in [4.69, 9.17) is 9.47 Å². The number of rotatable bonds is 5. The fraction of sp³-hybridized carbons (Fsp3) is 0.400. The van der Waals surface area contributed by atoms with Crippen LogP contribution in [0.5, 0.6) is 0 Å². The van der Waals surface area contributed by atoms with Crippen LogP contribution in [0.1, 0.15) is 57.1 Å². The van der Waals surface area contributed by atoms with Crippen molar-refractivity contribution in [2.45, 2.75) is 41.5 Å². The molecule has 2 rings (SSSR count). The standard InChI is InChI=1S/C20H25NO4/c1-7-24-19(22)17-14(5)21(15(6)18(17)20(23)25-8-2)16-10-9-12(3)13(4)11-16/h9-11H,7-8H2,1-6H3. The van der Waals surface area contributed by atoms with Crippen molar-refractivity contribution in [3.05, 3.63) is 51.8 Å². The zero-order valence-electron chi connectivity index (χ0n) is 15.7. The summed E-state index contributed by atoms with van der Waals surface area (Å²) in [6, 6.07) is 6.04. The van der Waals surface area contributed by atoms with Crippen molar-refractivity contribution in [3.8, 4) is 5.69 Å². The third-order valence-corrected chi connectivity index (χ3v) is 4.35. The average Bonchev–Trinajstić information content (AvgIpc) is 2.81. The summed E-state index contributed by atoms with van der Waals surface area (Å²) in [7, 11) is 0. The van der Waals surface area contributed by atoms with Crippen molar-refractivity contribution in [2.24, 2.45) is 0 Å². The van der Waals surface area contributed by atoms with Crippen molar-refractivity contribution in [3.63, 3.8) is 0 Å². The Labute approximate surface area is 148 Å². The Kier molecular flexibility index (Phi) is 5.67. The van der Waals surface area contributed by atoms with Crippen LogP contribution in [0.3, 0.4) is 0 Å². The molecular formula is C20H25NO4. The van der Waals surface area contributed by atoms with Crippen LogP contribution in [0, 0.1) is 27.7 Å². The highest BCUT2D eigenvalue weighted by molar-refractivity contribution is 6.05. The van der Waals surface area contributed by atoms with Crippen molar-refractivity contribution < 1.29 is 19.1 Å². The molecule has 1 aromatic heterocycles. The van der Waals surface area contributed by atoms with Gasteiger partial charge in [-0.15, -0.1) is 0 Å². The number of aryl methyl sites for hydroxylation is 2. The molecule has 5 heteroatoms. The SMILES string of the molecule is CCOC(=O)c1c(C(=O)OCC)c(C)n(-c2ccc(C)c(C)c2)c1C. The van der Waals surface area contributed by atoms with E-state index >= 15 is 0 Å². The van der Waals surface area contributed by atoms with E-state index in [2.05, 4.69) is 0 Å². The van der Waals surface area contributed by atoms with Gasteiger partial charge >= 0.3 is 11.9 Å². The van der Waals surface area contributed by atoms with Gasteiger partial charge in [-0.3, -0.25) is 0 Å². The Hall–Kier alpha value is -2.56. The van der Waals surface area contributed by atoms with Crippen LogP contribution in [0.4, 0.5) is 0 Å². The predicted molar refractivity (Wildman–Crippen MR) is 96.6 cm³/mol. The van der Waals surface area contributed by atoms with Gasteiger partial charge in [0.05, 0.1) is 24.3 Å². The van der Waals surface area contributed by atoms with Crippen molar-refractivity contribution in [1.29, 1.82) is 0 Å². The molecule has 5 nitrogen and oxygen atoms in total. The van der Waals surface area contributed by atoms with Crippen LogP contribution in [0.15, 0.2) is 18.2 Å². The molecule has 0 N–H and O–H groups in total. The van der Waals surface area contributed by atoms with E-state index in [1.807, 2.05) is 50.5 Å². The molecule has 25 heavy (non-hydrogen) atoms. The first-order valence-corrected chi connectivity index (χ1v) is 8.47. The van der Waals surface area contributed by atoms with E-state index < -0.39 is 11.9 Å². The molecule has 0 saturated carbocycles. The highest BCUT2D eigenvalue weighted by Crippen LogP contribution is 2.28. The second-order valence-electron chi connectivity index (χ2n) is 5.97. The molecule has 0 aliphatic carbocycles. The predicted octanol–water partition coefficient (Wildman–Crippen LogP) is 4.06. The minimum absolute atomic E-state index is 0.244. The van der Waals surface area contributed by atoms with Crippen LogP contribution in [0.2, 0.25) is 0 Å². The molecule has 0 unspecified atom stereocenters. The fourth-order valence-corrected chi connectivity index (χ4v) is 3.00. The van der Waals surface area contributed by atoms with Gasteiger partial charge in [-0.25, -0.2) is 9.59 Å². The quantitative estimate of drug-likeness (QED) is 0.768. The van der Waals surface area contributed by atoms with Crippen molar-refractivity contribution in [2.75, 3.05) is 13.2 Å². The van der Waals surface area contributed by atoms with Gasteiger partial charge in [0, 0.05) is 17.1 Å². The molecule has 0 atom stereocenters. The molecule has 0 aliphatic heterocycles. The van der Waals surface area contributed by atoms with Gasteiger partial charge in [-0.05, 0) is 64.8 Å². The highest BCUT2D eigenvalue weighted by atomic mass is 16.5. The molecule has 1 aromatic carbocycles. The Morgan fingerprint density at radius 3 is 1.72 bits per heavy atom. The Balaban J connectivity index is 2.73.